The van der Waals surface area contributed by atoms with Gasteiger partial charge in [0.15, 0.2) is 15.8 Å². The smallest absolute Gasteiger partial charge is 0.191 e. The lowest BCUT2D eigenvalue weighted by atomic mass is 9.80. The van der Waals surface area contributed by atoms with E-state index in [1.54, 1.807) is 19.2 Å². The minimum Gasteiger partial charge on any atom is -0.354 e. The van der Waals surface area contributed by atoms with Crippen molar-refractivity contribution in [1.29, 1.82) is 0 Å². The van der Waals surface area contributed by atoms with Crippen LogP contribution in [-0.4, -0.2) is 33.7 Å². The maximum Gasteiger partial charge on any atom is 0.191 e. The van der Waals surface area contributed by atoms with Crippen LogP contribution in [0.1, 0.15) is 45.1 Å². The number of hydrogen-bond donors (Lipinski definition) is 2. The van der Waals surface area contributed by atoms with E-state index in [0.29, 0.717) is 17.5 Å². The second kappa shape index (κ2) is 8.70. The van der Waals surface area contributed by atoms with Crippen molar-refractivity contribution >= 4 is 15.8 Å². The largest absolute Gasteiger partial charge is 0.354 e. The van der Waals surface area contributed by atoms with E-state index >= 15 is 0 Å². The van der Waals surface area contributed by atoms with Gasteiger partial charge in [-0.05, 0) is 55.2 Å². The van der Waals surface area contributed by atoms with Crippen LogP contribution in [-0.2, 0) is 16.4 Å². The van der Waals surface area contributed by atoms with Crippen molar-refractivity contribution in [2.75, 3.05) is 13.3 Å². The summed E-state index contributed by atoms with van der Waals surface area (Å²) in [4.78, 5) is 4.65. The molecule has 0 atom stereocenters. The molecule has 0 unspecified atom stereocenters. The highest BCUT2D eigenvalue weighted by Crippen LogP contribution is 2.29. The van der Waals surface area contributed by atoms with Gasteiger partial charge in [0.25, 0.3) is 0 Å². The number of nitrogens with one attached hydrogen (secondary N) is 2. The number of hydrogen-bond acceptors (Lipinski definition) is 3. The molecule has 1 aromatic carbocycles. The van der Waals surface area contributed by atoms with E-state index in [2.05, 4.69) is 29.5 Å². The van der Waals surface area contributed by atoms with Crippen LogP contribution in [0.2, 0.25) is 0 Å². The van der Waals surface area contributed by atoms with Crippen LogP contribution < -0.4 is 10.6 Å². The Morgan fingerprint density at radius 2 is 1.76 bits per heavy atom. The molecule has 1 aromatic rings. The highest BCUT2D eigenvalue weighted by atomic mass is 32.2. The molecule has 1 fully saturated rings. The van der Waals surface area contributed by atoms with Gasteiger partial charge in [0.05, 0.1) is 4.90 Å². The molecule has 1 saturated carbocycles. The predicted octanol–water partition coefficient (Wildman–Crippen LogP) is 2.97. The van der Waals surface area contributed by atoms with Gasteiger partial charge < -0.3 is 10.6 Å². The average molecular weight is 366 g/mol. The quantitative estimate of drug-likeness (QED) is 0.622. The number of aliphatic imine (C=N–C) groups is 1. The molecule has 6 heteroatoms. The van der Waals surface area contributed by atoms with E-state index in [9.17, 15) is 8.42 Å². The fourth-order valence-electron chi connectivity index (χ4n) is 3.36. The van der Waals surface area contributed by atoms with Gasteiger partial charge in [0.1, 0.15) is 0 Å². The summed E-state index contributed by atoms with van der Waals surface area (Å²) >= 11 is 0. The lowest BCUT2D eigenvalue weighted by Crippen LogP contribution is -2.44. The third-order valence-electron chi connectivity index (χ3n) is 5.09. The molecule has 0 aromatic heterocycles. The van der Waals surface area contributed by atoms with Crippen molar-refractivity contribution in [1.82, 2.24) is 10.6 Å². The Morgan fingerprint density at radius 1 is 1.16 bits per heavy atom. The maximum atomic E-state index is 11.5. The van der Waals surface area contributed by atoms with Gasteiger partial charge in [-0.2, -0.15) is 0 Å². The summed E-state index contributed by atoms with van der Waals surface area (Å²) in [6, 6.07) is 7.45. The van der Waals surface area contributed by atoms with Gasteiger partial charge in [-0.15, -0.1) is 0 Å². The molecule has 140 valence electrons. The third-order valence-corrected chi connectivity index (χ3v) is 6.22. The standard InChI is InChI=1S/C19H31N3O2S/c1-14(2)16-7-9-17(10-8-16)22-19(20-3)21-13-15-5-11-18(12-6-15)25(4,23)24/h5-6,11-12,14,16-17H,7-10,13H2,1-4H3,(H2,20,21,22). The maximum absolute atomic E-state index is 11.5. The van der Waals surface area contributed by atoms with Gasteiger partial charge in [-0.1, -0.05) is 26.0 Å². The van der Waals surface area contributed by atoms with E-state index < -0.39 is 9.84 Å². The first-order valence-electron chi connectivity index (χ1n) is 9.05. The van der Waals surface area contributed by atoms with Crippen LogP contribution in [0.5, 0.6) is 0 Å². The highest BCUT2D eigenvalue weighted by molar-refractivity contribution is 7.90. The first-order valence-corrected chi connectivity index (χ1v) is 10.9. The van der Waals surface area contributed by atoms with Crippen LogP contribution in [0.15, 0.2) is 34.2 Å². The van der Waals surface area contributed by atoms with Gasteiger partial charge in [-0.25, -0.2) is 8.42 Å². The first-order chi connectivity index (χ1) is 11.8. The van der Waals surface area contributed by atoms with Crippen molar-refractivity contribution in [2.24, 2.45) is 16.8 Å². The van der Waals surface area contributed by atoms with Gasteiger partial charge in [0.2, 0.25) is 0 Å². The molecule has 0 spiro atoms. The van der Waals surface area contributed by atoms with Crippen LogP contribution in [0, 0.1) is 11.8 Å². The zero-order valence-electron chi connectivity index (χ0n) is 15.7. The Hall–Kier alpha value is -1.56. The normalized spacial score (nSPS) is 22.0. The summed E-state index contributed by atoms with van der Waals surface area (Å²) < 4.78 is 23.0. The third kappa shape index (κ3) is 6.03. The zero-order chi connectivity index (χ0) is 18.4. The Balaban J connectivity index is 1.83. The molecule has 5 nitrogen and oxygen atoms in total. The topological polar surface area (TPSA) is 70.6 Å². The summed E-state index contributed by atoms with van der Waals surface area (Å²) in [5.41, 5.74) is 1.03. The fraction of sp³-hybridized carbons (Fsp3) is 0.632. The number of rotatable bonds is 5. The van der Waals surface area contributed by atoms with Crippen molar-refractivity contribution in [3.8, 4) is 0 Å². The molecular weight excluding hydrogens is 334 g/mol. The van der Waals surface area contributed by atoms with E-state index in [1.807, 2.05) is 12.1 Å². The van der Waals surface area contributed by atoms with Crippen molar-refractivity contribution < 1.29 is 8.42 Å². The van der Waals surface area contributed by atoms with Gasteiger partial charge in [-0.3, -0.25) is 4.99 Å². The number of benzene rings is 1. The van der Waals surface area contributed by atoms with E-state index in [0.717, 1.165) is 23.4 Å². The Bertz CT molecular complexity index is 673. The average Bonchev–Trinajstić information content (AvgIpc) is 2.58. The Labute approximate surface area is 152 Å². The lowest BCUT2D eigenvalue weighted by Gasteiger charge is -2.32. The van der Waals surface area contributed by atoms with Crippen molar-refractivity contribution in [3.63, 3.8) is 0 Å². The monoisotopic (exact) mass is 365 g/mol. The molecule has 0 radical (unpaired) electrons. The van der Waals surface area contributed by atoms with E-state index in [4.69, 9.17) is 0 Å². The second-order valence-electron chi connectivity index (χ2n) is 7.34. The molecule has 0 saturated heterocycles. The lowest BCUT2D eigenvalue weighted by molar-refractivity contribution is 0.250. The van der Waals surface area contributed by atoms with Crippen LogP contribution in [0.25, 0.3) is 0 Å². The first kappa shape index (κ1) is 19.8. The summed E-state index contributed by atoms with van der Waals surface area (Å²) in [7, 11) is -1.36. The molecule has 0 heterocycles. The predicted molar refractivity (Wildman–Crippen MR) is 103 cm³/mol. The van der Waals surface area contributed by atoms with Crippen molar-refractivity contribution in [2.45, 2.75) is 57.0 Å². The van der Waals surface area contributed by atoms with E-state index in [1.165, 1.54) is 31.9 Å². The molecule has 25 heavy (non-hydrogen) atoms. The molecule has 1 aliphatic carbocycles. The summed E-state index contributed by atoms with van der Waals surface area (Å²) in [5, 5.41) is 6.83. The zero-order valence-corrected chi connectivity index (χ0v) is 16.6. The highest BCUT2D eigenvalue weighted by Gasteiger charge is 2.23. The molecular formula is C19H31N3O2S. The van der Waals surface area contributed by atoms with E-state index in [-0.39, 0.29) is 0 Å². The van der Waals surface area contributed by atoms with Crippen LogP contribution in [0.4, 0.5) is 0 Å². The number of sulfone groups is 1. The Kier molecular flexibility index (Phi) is 6.87. The summed E-state index contributed by atoms with van der Waals surface area (Å²) in [6.45, 7) is 5.24. The van der Waals surface area contributed by atoms with Crippen molar-refractivity contribution in [3.05, 3.63) is 29.8 Å². The van der Waals surface area contributed by atoms with Crippen LogP contribution in [0.3, 0.4) is 0 Å². The van der Waals surface area contributed by atoms with Crippen LogP contribution >= 0.6 is 0 Å². The SMILES string of the molecule is CN=C(NCc1ccc(S(C)(=O)=O)cc1)NC1CCC(C(C)C)CC1. The fourth-order valence-corrected chi connectivity index (χ4v) is 3.99. The molecule has 2 rings (SSSR count). The summed E-state index contributed by atoms with van der Waals surface area (Å²) in [5.74, 6) is 2.43. The number of guanidine groups is 1. The Morgan fingerprint density at radius 3 is 2.24 bits per heavy atom. The minimum atomic E-state index is -3.14. The molecule has 0 amide bonds. The minimum absolute atomic E-state index is 0.348. The summed E-state index contributed by atoms with van der Waals surface area (Å²) in [6.07, 6.45) is 6.15. The molecule has 2 N–H and O–H groups in total. The molecule has 0 bridgehead atoms. The number of nitrogens with zero attached hydrogens (tertiary/aromatic N) is 1. The van der Waals surface area contributed by atoms with Gasteiger partial charge in [0, 0.05) is 25.9 Å². The van der Waals surface area contributed by atoms with Gasteiger partial charge >= 0.3 is 0 Å². The molecule has 0 aliphatic heterocycles. The molecule has 1 aliphatic rings. The second-order valence-corrected chi connectivity index (χ2v) is 9.36.